The first-order valence-corrected chi connectivity index (χ1v) is 7.43. The third-order valence-electron chi connectivity index (χ3n) is 1.07. The zero-order chi connectivity index (χ0) is 13.2. The van der Waals surface area contributed by atoms with Gasteiger partial charge in [0.2, 0.25) is 0 Å². The Balaban J connectivity index is -0.000000237. The molecule has 16 heavy (non-hydrogen) atoms. The topological polar surface area (TPSA) is 79.7 Å². The lowest BCUT2D eigenvalue weighted by Crippen LogP contribution is -2.27. The molecule has 0 unspecified atom stereocenters. The number of rotatable bonds is 7. The van der Waals surface area contributed by atoms with Crippen LogP contribution in [0.15, 0.2) is 0 Å². The van der Waals surface area contributed by atoms with Crippen LogP contribution in [0.2, 0.25) is 0 Å². The first kappa shape index (κ1) is 21.3. The fourth-order valence-electron chi connectivity index (χ4n) is 0.553. The Bertz CT molecular complexity index is 83.9. The highest BCUT2D eigenvalue weighted by molar-refractivity contribution is 6.36. The van der Waals surface area contributed by atoms with Crippen LogP contribution in [-0.4, -0.2) is 42.4 Å². The Morgan fingerprint density at radius 3 is 1.12 bits per heavy atom. The second-order valence-electron chi connectivity index (χ2n) is 2.23. The molecule has 0 heterocycles. The van der Waals surface area contributed by atoms with Gasteiger partial charge in [-0.2, -0.15) is 0 Å². The summed E-state index contributed by atoms with van der Waals surface area (Å²) >= 11 is 0. The van der Waals surface area contributed by atoms with E-state index in [1.165, 1.54) is 0 Å². The molecule has 0 fully saturated rings. The van der Waals surface area contributed by atoms with Gasteiger partial charge >= 0.3 is 9.53 Å². The van der Waals surface area contributed by atoms with Gasteiger partial charge in [-0.25, -0.2) is 0 Å². The highest BCUT2D eigenvalue weighted by atomic mass is 28.3. The van der Waals surface area contributed by atoms with Gasteiger partial charge in [0.05, 0.1) is 0 Å². The van der Waals surface area contributed by atoms with Crippen LogP contribution >= 0.6 is 0 Å². The van der Waals surface area contributed by atoms with Crippen LogP contribution in [-0.2, 0) is 13.3 Å². The molecule has 5 nitrogen and oxygen atoms in total. The summed E-state index contributed by atoms with van der Waals surface area (Å²) in [4.78, 5) is 0. The summed E-state index contributed by atoms with van der Waals surface area (Å²) in [5.41, 5.74) is 9.81. The minimum atomic E-state index is -1.73. The number of hydrogen-bond donors (Lipinski definition) is 2. The van der Waals surface area contributed by atoms with Gasteiger partial charge in [-0.1, -0.05) is 13.8 Å². The van der Waals surface area contributed by atoms with Crippen molar-refractivity contribution < 1.29 is 13.3 Å². The van der Waals surface area contributed by atoms with Gasteiger partial charge in [-0.05, 0) is 20.8 Å². The lowest BCUT2D eigenvalue weighted by molar-refractivity contribution is 0.107. The monoisotopic (exact) mass is 254 g/mol. The molecular weight excluding hydrogens is 224 g/mol. The molecule has 0 saturated carbocycles. The highest BCUT2D eigenvalue weighted by Crippen LogP contribution is 1.90. The van der Waals surface area contributed by atoms with Crippen LogP contribution in [0.1, 0.15) is 34.6 Å². The molecule has 0 atom stereocenters. The van der Waals surface area contributed by atoms with Crippen molar-refractivity contribution in [3.63, 3.8) is 0 Å². The van der Waals surface area contributed by atoms with E-state index >= 15 is 0 Å². The van der Waals surface area contributed by atoms with Crippen molar-refractivity contribution in [1.82, 2.24) is 0 Å². The van der Waals surface area contributed by atoms with Gasteiger partial charge in [-0.15, -0.1) is 0 Å². The largest absolute Gasteiger partial charge is 0.484 e. The van der Waals surface area contributed by atoms with Crippen LogP contribution in [0.25, 0.3) is 0 Å². The maximum atomic E-state index is 5.22. The van der Waals surface area contributed by atoms with Crippen LogP contribution in [0.4, 0.5) is 0 Å². The SMILES string of the molecule is CC.CCO[SiH](OCC)OCC.NCCN. The molecule has 0 amide bonds. The summed E-state index contributed by atoms with van der Waals surface area (Å²) in [5.74, 6) is 0. The molecule has 0 aliphatic heterocycles. The van der Waals surface area contributed by atoms with Crippen molar-refractivity contribution in [2.24, 2.45) is 11.5 Å². The van der Waals surface area contributed by atoms with Crippen LogP contribution < -0.4 is 11.5 Å². The lowest BCUT2D eigenvalue weighted by Gasteiger charge is -2.12. The Morgan fingerprint density at radius 1 is 0.750 bits per heavy atom. The fourth-order valence-corrected chi connectivity index (χ4v) is 1.66. The Labute approximate surface area is 102 Å². The molecule has 0 radical (unpaired) electrons. The summed E-state index contributed by atoms with van der Waals surface area (Å²) in [6.45, 7) is 13.1. The van der Waals surface area contributed by atoms with E-state index in [1.807, 2.05) is 34.6 Å². The van der Waals surface area contributed by atoms with Gasteiger partial charge in [0, 0.05) is 32.9 Å². The van der Waals surface area contributed by atoms with E-state index in [4.69, 9.17) is 24.7 Å². The maximum Gasteiger partial charge on any atom is 0.484 e. The van der Waals surface area contributed by atoms with Crippen LogP contribution in [0.5, 0.6) is 0 Å². The van der Waals surface area contributed by atoms with E-state index in [1.54, 1.807) is 0 Å². The fraction of sp³-hybridized carbons (Fsp3) is 1.00. The third kappa shape index (κ3) is 23.7. The van der Waals surface area contributed by atoms with Crippen molar-refractivity contribution >= 4 is 9.53 Å². The van der Waals surface area contributed by atoms with Crippen molar-refractivity contribution in [3.8, 4) is 0 Å². The summed E-state index contributed by atoms with van der Waals surface area (Å²) < 4.78 is 15.7. The molecule has 4 N–H and O–H groups in total. The molecule has 0 bridgehead atoms. The standard InChI is InChI=1S/C6H16O3Si.C2H8N2.C2H6/c1-4-7-10(8-5-2)9-6-3;3-1-2-4;1-2/h10H,4-6H2,1-3H3;1-4H2;1-2H3. The van der Waals surface area contributed by atoms with Crippen molar-refractivity contribution in [3.05, 3.63) is 0 Å². The lowest BCUT2D eigenvalue weighted by atomic mass is 10.7. The first-order chi connectivity index (χ1) is 7.76. The zero-order valence-electron chi connectivity index (χ0n) is 11.5. The van der Waals surface area contributed by atoms with Gasteiger partial charge in [0.15, 0.2) is 0 Å². The third-order valence-corrected chi connectivity index (χ3v) is 2.89. The molecule has 0 rings (SSSR count). The minimum absolute atomic E-state index is 0.597. The number of nitrogens with two attached hydrogens (primary N) is 2. The van der Waals surface area contributed by atoms with E-state index in [2.05, 4.69) is 0 Å². The maximum absolute atomic E-state index is 5.22. The second kappa shape index (κ2) is 24.3. The molecule has 0 saturated heterocycles. The van der Waals surface area contributed by atoms with Crippen molar-refractivity contribution in [2.75, 3.05) is 32.9 Å². The Hall–Kier alpha value is 0.0169. The van der Waals surface area contributed by atoms with Crippen molar-refractivity contribution in [1.29, 1.82) is 0 Å². The average Bonchev–Trinajstić information content (AvgIpc) is 2.33. The molecule has 0 aromatic heterocycles. The molecule has 0 spiro atoms. The minimum Gasteiger partial charge on any atom is -0.376 e. The molecule has 0 aliphatic carbocycles. The second-order valence-corrected chi connectivity index (χ2v) is 3.81. The van der Waals surface area contributed by atoms with Gasteiger partial charge in [-0.3, -0.25) is 0 Å². The van der Waals surface area contributed by atoms with E-state index in [9.17, 15) is 0 Å². The van der Waals surface area contributed by atoms with E-state index in [0.717, 1.165) is 0 Å². The predicted octanol–water partition coefficient (Wildman–Crippen LogP) is 0.743. The Kier molecular flexibility index (Phi) is 32.4. The smallest absolute Gasteiger partial charge is 0.376 e. The summed E-state index contributed by atoms with van der Waals surface area (Å²) in [6.07, 6.45) is 0. The zero-order valence-corrected chi connectivity index (χ0v) is 12.6. The van der Waals surface area contributed by atoms with Gasteiger partial charge in [0.1, 0.15) is 0 Å². The molecule has 0 aromatic rings. The summed E-state index contributed by atoms with van der Waals surface area (Å²) in [6, 6.07) is 0. The molecule has 0 aromatic carbocycles. The molecule has 0 aliphatic rings. The first-order valence-electron chi connectivity index (χ1n) is 6.01. The molecule has 6 heteroatoms. The predicted molar refractivity (Wildman–Crippen MR) is 71.5 cm³/mol. The van der Waals surface area contributed by atoms with Crippen molar-refractivity contribution in [2.45, 2.75) is 34.6 Å². The quantitative estimate of drug-likeness (QED) is 0.655. The summed E-state index contributed by atoms with van der Waals surface area (Å²) in [5, 5.41) is 0. The van der Waals surface area contributed by atoms with Gasteiger partial charge < -0.3 is 24.7 Å². The highest BCUT2D eigenvalue weighted by Gasteiger charge is 2.11. The normalized spacial score (nSPS) is 9.00. The van der Waals surface area contributed by atoms with Crippen LogP contribution in [0.3, 0.4) is 0 Å². The average molecular weight is 254 g/mol. The van der Waals surface area contributed by atoms with E-state index in [-0.39, 0.29) is 0 Å². The Morgan fingerprint density at radius 2 is 1.00 bits per heavy atom. The number of hydrogen-bond acceptors (Lipinski definition) is 5. The molecule has 102 valence electrons. The van der Waals surface area contributed by atoms with E-state index in [0.29, 0.717) is 32.9 Å². The van der Waals surface area contributed by atoms with Crippen LogP contribution in [0, 0.1) is 0 Å². The van der Waals surface area contributed by atoms with E-state index < -0.39 is 9.53 Å². The van der Waals surface area contributed by atoms with Gasteiger partial charge in [0.25, 0.3) is 0 Å². The molecular formula is C10H30N2O3Si. The summed E-state index contributed by atoms with van der Waals surface area (Å²) in [7, 11) is -1.73.